The minimum Gasteiger partial charge on any atom is -0.468 e. The SMILES string of the molecule is O=S(=O)(c1ccccc1)C1CNc2cc(F)cc(N3CCNCC3)c2O1. The zero-order chi connectivity index (χ0) is 18.1. The third-order valence-electron chi connectivity index (χ3n) is 4.62. The van der Waals surface area contributed by atoms with Crippen molar-refractivity contribution < 1.29 is 17.5 Å². The molecule has 2 N–H and O–H groups in total. The highest BCUT2D eigenvalue weighted by Gasteiger charge is 2.35. The van der Waals surface area contributed by atoms with Crippen LogP contribution in [-0.4, -0.2) is 46.6 Å². The molecule has 1 unspecified atom stereocenters. The minimum atomic E-state index is -3.67. The summed E-state index contributed by atoms with van der Waals surface area (Å²) in [5.74, 6) is 0.0156. The molecule has 1 fully saturated rings. The van der Waals surface area contributed by atoms with Crippen LogP contribution in [-0.2, 0) is 9.84 Å². The van der Waals surface area contributed by atoms with Crippen LogP contribution in [0.2, 0.25) is 0 Å². The summed E-state index contributed by atoms with van der Waals surface area (Å²) in [5, 5.41) is 6.27. The topological polar surface area (TPSA) is 70.7 Å². The summed E-state index contributed by atoms with van der Waals surface area (Å²) in [6, 6.07) is 11.0. The standard InChI is InChI=1S/C18H20FN3O3S/c19-13-10-15-18(16(11-13)22-8-6-20-7-9-22)25-17(12-21-15)26(23,24)14-4-2-1-3-5-14/h1-5,10-11,17,20-21H,6-9,12H2. The van der Waals surface area contributed by atoms with E-state index in [-0.39, 0.29) is 17.3 Å². The molecule has 2 aliphatic rings. The number of piperazine rings is 1. The van der Waals surface area contributed by atoms with Crippen molar-refractivity contribution in [3.63, 3.8) is 0 Å². The Kier molecular flexibility index (Phi) is 4.46. The van der Waals surface area contributed by atoms with Gasteiger partial charge in [-0.15, -0.1) is 0 Å². The van der Waals surface area contributed by atoms with E-state index in [9.17, 15) is 12.8 Å². The van der Waals surface area contributed by atoms with Gasteiger partial charge in [-0.25, -0.2) is 12.8 Å². The van der Waals surface area contributed by atoms with Gasteiger partial charge in [0.2, 0.25) is 15.3 Å². The Labute approximate surface area is 151 Å². The second-order valence-electron chi connectivity index (χ2n) is 6.33. The highest BCUT2D eigenvalue weighted by molar-refractivity contribution is 7.92. The number of hydrogen-bond donors (Lipinski definition) is 2. The van der Waals surface area contributed by atoms with Crippen LogP contribution in [0.5, 0.6) is 5.75 Å². The average molecular weight is 377 g/mol. The number of hydrogen-bond acceptors (Lipinski definition) is 6. The Bertz CT molecular complexity index is 899. The van der Waals surface area contributed by atoms with E-state index in [1.165, 1.54) is 12.1 Å². The van der Waals surface area contributed by atoms with Crippen LogP contribution in [0, 0.1) is 5.82 Å². The van der Waals surface area contributed by atoms with Gasteiger partial charge in [-0.1, -0.05) is 18.2 Å². The van der Waals surface area contributed by atoms with Crippen molar-refractivity contribution in [2.75, 3.05) is 42.9 Å². The van der Waals surface area contributed by atoms with Gasteiger partial charge in [0.1, 0.15) is 5.82 Å². The highest BCUT2D eigenvalue weighted by atomic mass is 32.2. The second kappa shape index (κ2) is 6.77. The van der Waals surface area contributed by atoms with Gasteiger partial charge < -0.3 is 20.3 Å². The molecule has 0 amide bonds. The first-order chi connectivity index (χ1) is 12.6. The number of rotatable bonds is 3. The summed E-state index contributed by atoms with van der Waals surface area (Å²) in [6.07, 6.45) is 0. The monoisotopic (exact) mass is 377 g/mol. The number of benzene rings is 2. The number of halogens is 1. The van der Waals surface area contributed by atoms with Crippen LogP contribution in [0.1, 0.15) is 0 Å². The molecule has 2 aromatic rings. The summed E-state index contributed by atoms with van der Waals surface area (Å²) < 4.78 is 45.7. The van der Waals surface area contributed by atoms with E-state index in [0.717, 1.165) is 13.1 Å². The van der Waals surface area contributed by atoms with Gasteiger partial charge in [0.25, 0.3) is 0 Å². The number of nitrogens with zero attached hydrogens (tertiary/aromatic N) is 1. The summed E-state index contributed by atoms with van der Waals surface area (Å²) in [7, 11) is -3.67. The van der Waals surface area contributed by atoms with Crippen molar-refractivity contribution in [1.29, 1.82) is 0 Å². The molecular weight excluding hydrogens is 357 g/mol. The van der Waals surface area contributed by atoms with E-state index in [0.29, 0.717) is 30.2 Å². The maximum Gasteiger partial charge on any atom is 0.220 e. The van der Waals surface area contributed by atoms with Gasteiger partial charge in [-0.3, -0.25) is 0 Å². The summed E-state index contributed by atoms with van der Waals surface area (Å²) >= 11 is 0. The third-order valence-corrected chi connectivity index (χ3v) is 6.50. The molecule has 26 heavy (non-hydrogen) atoms. The number of sulfone groups is 1. The molecule has 2 aromatic carbocycles. The number of nitrogens with one attached hydrogen (secondary N) is 2. The van der Waals surface area contributed by atoms with Crippen molar-refractivity contribution in [2.45, 2.75) is 10.3 Å². The Morgan fingerprint density at radius 1 is 1.12 bits per heavy atom. The summed E-state index contributed by atoms with van der Waals surface area (Å²) in [5.41, 5.74) is 0.00420. The molecule has 0 aliphatic carbocycles. The quantitative estimate of drug-likeness (QED) is 0.851. The molecule has 138 valence electrons. The zero-order valence-electron chi connectivity index (χ0n) is 14.1. The van der Waals surface area contributed by atoms with Gasteiger partial charge >= 0.3 is 0 Å². The van der Waals surface area contributed by atoms with Crippen molar-refractivity contribution >= 4 is 21.2 Å². The first kappa shape index (κ1) is 17.1. The van der Waals surface area contributed by atoms with Crippen molar-refractivity contribution in [2.24, 2.45) is 0 Å². The number of fused-ring (bicyclic) bond motifs is 1. The molecule has 2 aliphatic heterocycles. The van der Waals surface area contributed by atoms with Crippen LogP contribution < -0.4 is 20.3 Å². The van der Waals surface area contributed by atoms with Gasteiger partial charge in [0.15, 0.2) is 5.75 Å². The molecule has 1 saturated heterocycles. The Morgan fingerprint density at radius 2 is 1.85 bits per heavy atom. The van der Waals surface area contributed by atoms with E-state index in [4.69, 9.17) is 4.74 Å². The van der Waals surface area contributed by atoms with Gasteiger partial charge in [0.05, 0.1) is 22.8 Å². The fraction of sp³-hybridized carbons (Fsp3) is 0.333. The van der Waals surface area contributed by atoms with Crippen molar-refractivity contribution in [3.8, 4) is 5.75 Å². The third kappa shape index (κ3) is 3.10. The number of ether oxygens (including phenoxy) is 1. The van der Waals surface area contributed by atoms with Crippen LogP contribution >= 0.6 is 0 Å². The van der Waals surface area contributed by atoms with Gasteiger partial charge in [-0.2, -0.15) is 0 Å². The lowest BCUT2D eigenvalue weighted by Crippen LogP contribution is -2.44. The minimum absolute atomic E-state index is 0.0642. The summed E-state index contributed by atoms with van der Waals surface area (Å²) in [4.78, 5) is 2.22. The lowest BCUT2D eigenvalue weighted by Gasteiger charge is -2.34. The Morgan fingerprint density at radius 3 is 2.58 bits per heavy atom. The average Bonchev–Trinajstić information content (AvgIpc) is 2.68. The van der Waals surface area contributed by atoms with Gasteiger partial charge in [0, 0.05) is 38.3 Å². The molecule has 8 heteroatoms. The van der Waals surface area contributed by atoms with Crippen LogP contribution in [0.3, 0.4) is 0 Å². The van der Waals surface area contributed by atoms with E-state index in [1.54, 1.807) is 30.3 Å². The normalized spacial score (nSPS) is 20.0. The summed E-state index contributed by atoms with van der Waals surface area (Å²) in [6.45, 7) is 3.04. The number of anilines is 2. The van der Waals surface area contributed by atoms with Crippen LogP contribution in [0.4, 0.5) is 15.8 Å². The molecule has 0 bridgehead atoms. The molecular formula is C18H20FN3O3S. The molecule has 2 heterocycles. The van der Waals surface area contributed by atoms with Gasteiger partial charge in [-0.05, 0) is 12.1 Å². The Hall–Kier alpha value is -2.32. The largest absolute Gasteiger partial charge is 0.468 e. The molecule has 0 radical (unpaired) electrons. The maximum absolute atomic E-state index is 14.1. The molecule has 0 aromatic heterocycles. The lowest BCUT2D eigenvalue weighted by atomic mass is 10.2. The predicted molar refractivity (Wildman–Crippen MR) is 98.0 cm³/mol. The highest BCUT2D eigenvalue weighted by Crippen LogP contribution is 2.41. The molecule has 1 atom stereocenters. The van der Waals surface area contributed by atoms with Crippen molar-refractivity contribution in [3.05, 3.63) is 48.3 Å². The molecule has 0 spiro atoms. The molecule has 4 rings (SSSR count). The smallest absolute Gasteiger partial charge is 0.220 e. The maximum atomic E-state index is 14.1. The Balaban J connectivity index is 1.70. The molecule has 0 saturated carbocycles. The van der Waals surface area contributed by atoms with E-state index < -0.39 is 15.3 Å². The molecule has 6 nitrogen and oxygen atoms in total. The predicted octanol–water partition coefficient (Wildman–Crippen LogP) is 1.84. The van der Waals surface area contributed by atoms with Crippen LogP contribution in [0.25, 0.3) is 0 Å². The van der Waals surface area contributed by atoms with Crippen LogP contribution in [0.15, 0.2) is 47.4 Å². The second-order valence-corrected chi connectivity index (χ2v) is 8.41. The zero-order valence-corrected chi connectivity index (χ0v) is 14.9. The lowest BCUT2D eigenvalue weighted by molar-refractivity contribution is 0.275. The van der Waals surface area contributed by atoms with E-state index in [2.05, 4.69) is 10.6 Å². The fourth-order valence-electron chi connectivity index (χ4n) is 3.28. The first-order valence-electron chi connectivity index (χ1n) is 8.54. The first-order valence-corrected chi connectivity index (χ1v) is 10.1. The van der Waals surface area contributed by atoms with E-state index in [1.807, 2.05) is 4.90 Å². The van der Waals surface area contributed by atoms with E-state index >= 15 is 0 Å². The fourth-order valence-corrected chi connectivity index (χ4v) is 4.64. The van der Waals surface area contributed by atoms with Crippen molar-refractivity contribution in [1.82, 2.24) is 5.32 Å².